The first-order valence-electron chi connectivity index (χ1n) is 6.43. The first-order chi connectivity index (χ1) is 8.17. The minimum atomic E-state index is -0.214. The van der Waals surface area contributed by atoms with Crippen LogP contribution in [0.5, 0.6) is 0 Å². The van der Waals surface area contributed by atoms with Crippen LogP contribution in [0.2, 0.25) is 0 Å². The van der Waals surface area contributed by atoms with Crippen molar-refractivity contribution in [3.63, 3.8) is 0 Å². The van der Waals surface area contributed by atoms with Gasteiger partial charge in [-0.2, -0.15) is 0 Å². The van der Waals surface area contributed by atoms with Crippen molar-refractivity contribution >= 4 is 11.9 Å². The average molecular weight is 242 g/mol. The molecule has 2 unspecified atom stereocenters. The van der Waals surface area contributed by atoms with Crippen LogP contribution >= 0.6 is 0 Å². The molecule has 0 bridgehead atoms. The van der Waals surface area contributed by atoms with E-state index in [2.05, 4.69) is 11.7 Å². The molecule has 0 amide bonds. The van der Waals surface area contributed by atoms with Gasteiger partial charge in [0.2, 0.25) is 0 Å². The first-order valence-corrected chi connectivity index (χ1v) is 6.43. The molecule has 0 aromatic heterocycles. The number of ether oxygens (including phenoxy) is 2. The predicted octanol–water partition coefficient (Wildman–Crippen LogP) is 2.45. The van der Waals surface area contributed by atoms with Gasteiger partial charge in [-0.05, 0) is 19.3 Å². The van der Waals surface area contributed by atoms with Crippen molar-refractivity contribution in [1.82, 2.24) is 0 Å². The molecule has 4 heteroatoms. The van der Waals surface area contributed by atoms with Gasteiger partial charge in [-0.3, -0.25) is 9.59 Å². The molecule has 4 nitrogen and oxygen atoms in total. The molecule has 0 spiro atoms. The fraction of sp³-hybridized carbons (Fsp3) is 0.846. The summed E-state index contributed by atoms with van der Waals surface area (Å²) in [5.74, 6) is -0.210. The molecule has 2 atom stereocenters. The fourth-order valence-electron chi connectivity index (χ4n) is 2.23. The van der Waals surface area contributed by atoms with E-state index in [9.17, 15) is 9.59 Å². The average Bonchev–Trinajstić information content (AvgIpc) is 2.32. The smallest absolute Gasteiger partial charge is 0.306 e. The molecular formula is C13H22O4. The molecule has 1 rings (SSSR count). The Labute approximate surface area is 103 Å². The Kier molecular flexibility index (Phi) is 6.01. The number of methoxy groups -OCH3 is 1. The zero-order valence-corrected chi connectivity index (χ0v) is 10.7. The lowest BCUT2D eigenvalue weighted by Crippen LogP contribution is -2.34. The van der Waals surface area contributed by atoms with Gasteiger partial charge in [-0.15, -0.1) is 0 Å². The van der Waals surface area contributed by atoms with Crippen molar-refractivity contribution in [3.8, 4) is 0 Å². The maximum atomic E-state index is 11.3. The summed E-state index contributed by atoms with van der Waals surface area (Å²) in [4.78, 5) is 22.5. The van der Waals surface area contributed by atoms with Crippen LogP contribution in [0.15, 0.2) is 0 Å². The van der Waals surface area contributed by atoms with E-state index in [-0.39, 0.29) is 24.0 Å². The van der Waals surface area contributed by atoms with E-state index in [1.807, 2.05) is 0 Å². The first kappa shape index (κ1) is 14.0. The Morgan fingerprint density at radius 3 is 2.88 bits per heavy atom. The van der Waals surface area contributed by atoms with Crippen LogP contribution in [-0.2, 0) is 19.1 Å². The minimum absolute atomic E-state index is 0.0955. The zero-order valence-electron chi connectivity index (χ0n) is 10.7. The van der Waals surface area contributed by atoms with E-state index in [4.69, 9.17) is 4.74 Å². The van der Waals surface area contributed by atoms with Crippen LogP contribution in [-0.4, -0.2) is 25.2 Å². The van der Waals surface area contributed by atoms with Gasteiger partial charge in [-0.25, -0.2) is 0 Å². The Bertz CT molecular complexity index is 262. The summed E-state index contributed by atoms with van der Waals surface area (Å²) < 4.78 is 10.0. The van der Waals surface area contributed by atoms with Crippen molar-refractivity contribution in [2.24, 2.45) is 5.92 Å². The summed E-state index contributed by atoms with van der Waals surface area (Å²) in [6.45, 7) is 2.14. The molecule has 1 heterocycles. The van der Waals surface area contributed by atoms with Gasteiger partial charge in [0.15, 0.2) is 0 Å². The van der Waals surface area contributed by atoms with E-state index in [1.54, 1.807) is 0 Å². The zero-order chi connectivity index (χ0) is 12.7. The number of unbranched alkanes of at least 4 members (excludes halogenated alkanes) is 2. The molecular weight excluding hydrogens is 220 g/mol. The van der Waals surface area contributed by atoms with Crippen LogP contribution < -0.4 is 0 Å². The van der Waals surface area contributed by atoms with Crippen LogP contribution in [0.25, 0.3) is 0 Å². The number of carbonyl (C=O) groups is 2. The highest BCUT2D eigenvalue weighted by Crippen LogP contribution is 2.28. The molecule has 0 aliphatic carbocycles. The summed E-state index contributed by atoms with van der Waals surface area (Å²) in [7, 11) is 1.39. The summed E-state index contributed by atoms with van der Waals surface area (Å²) in [6.07, 6.45) is 5.62. The molecule has 0 aromatic carbocycles. The molecule has 17 heavy (non-hydrogen) atoms. The molecule has 0 radical (unpaired) electrons. The lowest BCUT2D eigenvalue weighted by atomic mass is 9.88. The highest BCUT2D eigenvalue weighted by Gasteiger charge is 2.31. The second-order valence-electron chi connectivity index (χ2n) is 4.60. The van der Waals surface area contributed by atoms with E-state index in [0.717, 1.165) is 32.1 Å². The maximum Gasteiger partial charge on any atom is 0.306 e. The maximum absolute atomic E-state index is 11.3. The van der Waals surface area contributed by atoms with Crippen molar-refractivity contribution < 1.29 is 19.1 Å². The lowest BCUT2D eigenvalue weighted by Gasteiger charge is -2.30. The van der Waals surface area contributed by atoms with Crippen LogP contribution in [0.4, 0.5) is 0 Å². The van der Waals surface area contributed by atoms with Gasteiger partial charge >= 0.3 is 11.9 Å². The highest BCUT2D eigenvalue weighted by molar-refractivity contribution is 5.72. The Morgan fingerprint density at radius 2 is 2.24 bits per heavy atom. The highest BCUT2D eigenvalue weighted by atomic mass is 16.5. The summed E-state index contributed by atoms with van der Waals surface area (Å²) >= 11 is 0. The fourth-order valence-corrected chi connectivity index (χ4v) is 2.23. The van der Waals surface area contributed by atoms with Gasteiger partial charge in [0, 0.05) is 12.3 Å². The van der Waals surface area contributed by atoms with Crippen molar-refractivity contribution in [2.75, 3.05) is 7.11 Å². The van der Waals surface area contributed by atoms with Gasteiger partial charge in [-0.1, -0.05) is 19.8 Å². The molecule has 0 N–H and O–H groups in total. The lowest BCUT2D eigenvalue weighted by molar-refractivity contribution is -0.162. The number of carbonyl (C=O) groups excluding carboxylic acids is 2. The molecule has 1 saturated heterocycles. The van der Waals surface area contributed by atoms with Gasteiger partial charge in [0.05, 0.1) is 13.5 Å². The van der Waals surface area contributed by atoms with Crippen molar-refractivity contribution in [3.05, 3.63) is 0 Å². The largest absolute Gasteiger partial charge is 0.469 e. The SMILES string of the molecule is CCCCCC1OC(=O)CCC1CC(=O)OC. The summed E-state index contributed by atoms with van der Waals surface area (Å²) in [5.41, 5.74) is 0. The number of hydrogen-bond donors (Lipinski definition) is 0. The van der Waals surface area contributed by atoms with E-state index >= 15 is 0 Å². The van der Waals surface area contributed by atoms with E-state index in [0.29, 0.717) is 12.8 Å². The van der Waals surface area contributed by atoms with Crippen molar-refractivity contribution in [1.29, 1.82) is 0 Å². The third-order valence-corrected chi connectivity index (χ3v) is 3.28. The molecule has 1 aliphatic heterocycles. The molecule has 0 saturated carbocycles. The molecule has 1 aliphatic rings. The standard InChI is InChI=1S/C13H22O4/c1-3-4-5-6-11-10(9-13(15)16-2)7-8-12(14)17-11/h10-11H,3-9H2,1-2H3. The summed E-state index contributed by atoms with van der Waals surface area (Å²) in [5, 5.41) is 0. The topological polar surface area (TPSA) is 52.6 Å². The third-order valence-electron chi connectivity index (χ3n) is 3.28. The van der Waals surface area contributed by atoms with Crippen molar-refractivity contribution in [2.45, 2.75) is 58.0 Å². The van der Waals surface area contributed by atoms with E-state index < -0.39 is 0 Å². The molecule has 0 aromatic rings. The second-order valence-corrected chi connectivity index (χ2v) is 4.60. The normalized spacial score (nSPS) is 24.2. The number of hydrogen-bond acceptors (Lipinski definition) is 4. The Balaban J connectivity index is 2.45. The molecule has 1 fully saturated rings. The van der Waals surface area contributed by atoms with Gasteiger partial charge in [0.25, 0.3) is 0 Å². The van der Waals surface area contributed by atoms with Crippen LogP contribution in [0, 0.1) is 5.92 Å². The van der Waals surface area contributed by atoms with Gasteiger partial charge in [0.1, 0.15) is 6.10 Å². The Hall–Kier alpha value is -1.06. The minimum Gasteiger partial charge on any atom is -0.469 e. The van der Waals surface area contributed by atoms with Gasteiger partial charge < -0.3 is 9.47 Å². The number of rotatable bonds is 6. The van der Waals surface area contributed by atoms with Crippen LogP contribution in [0.1, 0.15) is 51.9 Å². The Morgan fingerprint density at radius 1 is 1.47 bits per heavy atom. The second kappa shape index (κ2) is 7.30. The third kappa shape index (κ3) is 4.75. The molecule has 98 valence electrons. The predicted molar refractivity (Wildman–Crippen MR) is 63.4 cm³/mol. The van der Waals surface area contributed by atoms with E-state index in [1.165, 1.54) is 7.11 Å². The monoisotopic (exact) mass is 242 g/mol. The quantitative estimate of drug-likeness (QED) is 0.530. The number of esters is 2. The van der Waals surface area contributed by atoms with Crippen LogP contribution in [0.3, 0.4) is 0 Å². The number of cyclic esters (lactones) is 1. The summed E-state index contributed by atoms with van der Waals surface area (Å²) in [6, 6.07) is 0.